The van der Waals surface area contributed by atoms with Crippen molar-refractivity contribution in [2.24, 2.45) is 14.1 Å². The van der Waals surface area contributed by atoms with Gasteiger partial charge in [-0.05, 0) is 0 Å². The van der Waals surface area contributed by atoms with Crippen LogP contribution in [0, 0.1) is 18.8 Å². The molecule has 0 aliphatic carbocycles. The Hall–Kier alpha value is -1.30. The zero-order valence-electron chi connectivity index (χ0n) is 6.50. The van der Waals surface area contributed by atoms with Gasteiger partial charge in [0.05, 0.1) is 14.1 Å². The molecule has 0 aliphatic rings. The van der Waals surface area contributed by atoms with Crippen molar-refractivity contribution < 1.29 is 4.57 Å². The number of imidazole rings is 1. The van der Waals surface area contributed by atoms with Crippen LogP contribution >= 0.6 is 0 Å². The molecule has 0 fully saturated rings. The predicted molar refractivity (Wildman–Crippen MR) is 36.3 cm³/mol. The average Bonchev–Trinajstić information content (AvgIpc) is 2.25. The van der Waals surface area contributed by atoms with Gasteiger partial charge in [-0.2, -0.15) is 0 Å². The lowest BCUT2D eigenvalue weighted by Crippen LogP contribution is -2.29. The summed E-state index contributed by atoms with van der Waals surface area (Å²) >= 11 is 0. The smallest absolute Gasteiger partial charge is 0.252 e. The van der Waals surface area contributed by atoms with E-state index < -0.39 is 0 Å². The maximum absolute atomic E-state index is 6.25. The van der Waals surface area contributed by atoms with Gasteiger partial charge in [0.15, 0.2) is 0 Å². The molecule has 1 heterocycles. The van der Waals surface area contributed by atoms with Crippen molar-refractivity contribution in [3.05, 3.63) is 24.8 Å². The van der Waals surface area contributed by atoms with Gasteiger partial charge in [-0.3, -0.25) is 0 Å². The van der Waals surface area contributed by atoms with Crippen molar-refractivity contribution in [3.8, 4) is 0 Å². The van der Waals surface area contributed by atoms with Crippen molar-refractivity contribution in [1.29, 1.82) is 5.26 Å². The first-order valence-electron chi connectivity index (χ1n) is 2.91. The number of hydrogen-bond donors (Lipinski definition) is 0. The van der Waals surface area contributed by atoms with E-state index in [2.05, 4.69) is 16.1 Å². The van der Waals surface area contributed by atoms with Gasteiger partial charge in [0.25, 0.3) is 5.82 Å². The van der Waals surface area contributed by atoms with Gasteiger partial charge in [0.2, 0.25) is 0 Å². The Bertz CT molecular complexity index is 203. The Morgan fingerprint density at radius 3 is 2.20 bits per heavy atom. The summed E-state index contributed by atoms with van der Waals surface area (Å²) in [6.45, 7) is 6.83. The summed E-state index contributed by atoms with van der Waals surface area (Å²) in [7, 11) is 4.07. The molecule has 0 aliphatic heterocycles. The molecule has 54 valence electrons. The second kappa shape index (κ2) is 3.67. The molecule has 0 bridgehead atoms. The van der Waals surface area contributed by atoms with Gasteiger partial charge in [-0.1, -0.05) is 0 Å². The fraction of sp³-hybridized carbons (Fsp3) is 0.429. The molecule has 0 saturated carbocycles. The summed E-state index contributed by atoms with van der Waals surface area (Å²) in [4.78, 5) is 0. The lowest BCUT2D eigenvalue weighted by Gasteiger charge is -1.84. The van der Waals surface area contributed by atoms with Crippen LogP contribution in [0.4, 0.5) is 0 Å². The van der Waals surface area contributed by atoms with Crippen LogP contribution in [-0.4, -0.2) is 4.57 Å². The highest BCUT2D eigenvalue weighted by atomic mass is 15.1. The van der Waals surface area contributed by atoms with Gasteiger partial charge < -0.3 is 11.8 Å². The molecular formula is C7H11N3. The standard InChI is InChI=1S/C6H11N2.CN/c1-6-7(2)4-5-8(6)3;1-2/h4-5H,1-3H3;/q+1;-1. The van der Waals surface area contributed by atoms with Gasteiger partial charge in [-0.15, -0.1) is 0 Å². The van der Waals surface area contributed by atoms with E-state index in [0.717, 1.165) is 0 Å². The Morgan fingerprint density at radius 2 is 2.10 bits per heavy atom. The minimum Gasteiger partial charge on any atom is -0.512 e. The molecule has 0 spiro atoms. The van der Waals surface area contributed by atoms with Crippen LogP contribution in [0.2, 0.25) is 0 Å². The van der Waals surface area contributed by atoms with E-state index in [4.69, 9.17) is 11.8 Å². The van der Waals surface area contributed by atoms with E-state index in [9.17, 15) is 0 Å². The first-order valence-corrected chi connectivity index (χ1v) is 2.91. The normalized spacial score (nSPS) is 8.10. The predicted octanol–water partition coefficient (Wildman–Crippen LogP) is 0.254. The van der Waals surface area contributed by atoms with E-state index >= 15 is 0 Å². The SMILES string of the molecule is Cc1n(C)cc[n+]1C.[C-]#N. The molecule has 3 nitrogen and oxygen atoms in total. The zero-order chi connectivity index (χ0) is 8.15. The Morgan fingerprint density at radius 1 is 1.60 bits per heavy atom. The highest BCUT2D eigenvalue weighted by molar-refractivity contribution is 4.75. The van der Waals surface area contributed by atoms with E-state index in [1.54, 1.807) is 0 Å². The summed E-state index contributed by atoms with van der Waals surface area (Å²) in [5, 5.41) is 6.25. The molecule has 10 heavy (non-hydrogen) atoms. The summed E-state index contributed by atoms with van der Waals surface area (Å²) < 4.78 is 4.17. The van der Waals surface area contributed by atoms with Crippen molar-refractivity contribution in [1.82, 2.24) is 4.57 Å². The minimum absolute atomic E-state index is 1.27. The van der Waals surface area contributed by atoms with Crippen LogP contribution in [0.1, 0.15) is 5.82 Å². The first-order chi connectivity index (χ1) is 4.72. The fourth-order valence-electron chi connectivity index (χ4n) is 0.665. The first kappa shape index (κ1) is 8.70. The van der Waals surface area contributed by atoms with Crippen molar-refractivity contribution in [2.75, 3.05) is 0 Å². The van der Waals surface area contributed by atoms with Gasteiger partial charge in [0.1, 0.15) is 12.4 Å². The molecule has 0 saturated heterocycles. The van der Waals surface area contributed by atoms with Gasteiger partial charge >= 0.3 is 0 Å². The van der Waals surface area contributed by atoms with Crippen LogP contribution in [0.3, 0.4) is 0 Å². The second-order valence-electron chi connectivity index (χ2n) is 2.07. The topological polar surface area (TPSA) is 32.6 Å². The molecule has 1 rings (SSSR count). The minimum atomic E-state index is 1.27. The molecule has 1 aromatic heterocycles. The van der Waals surface area contributed by atoms with Crippen molar-refractivity contribution in [2.45, 2.75) is 6.92 Å². The summed E-state index contributed by atoms with van der Waals surface area (Å²) in [6.07, 6.45) is 4.07. The monoisotopic (exact) mass is 137 g/mol. The summed E-state index contributed by atoms with van der Waals surface area (Å²) in [6, 6.07) is 0. The van der Waals surface area contributed by atoms with E-state index in [1.807, 2.05) is 26.5 Å². The number of nitrogens with zero attached hydrogens (tertiary/aromatic N) is 3. The van der Waals surface area contributed by atoms with Crippen molar-refractivity contribution >= 4 is 0 Å². The Balaban J connectivity index is 0.000000371. The fourth-order valence-corrected chi connectivity index (χ4v) is 0.665. The largest absolute Gasteiger partial charge is 0.512 e. The lowest BCUT2D eigenvalue weighted by atomic mass is 10.7. The van der Waals surface area contributed by atoms with Gasteiger partial charge in [-0.25, -0.2) is 9.13 Å². The highest BCUT2D eigenvalue weighted by Gasteiger charge is 2.00. The van der Waals surface area contributed by atoms with Crippen molar-refractivity contribution in [3.63, 3.8) is 0 Å². The molecule has 0 radical (unpaired) electrons. The number of aryl methyl sites for hydroxylation is 2. The molecule has 0 N–H and O–H groups in total. The number of hydrogen-bond acceptors (Lipinski definition) is 1. The summed E-state index contributed by atoms with van der Waals surface area (Å²) in [5.74, 6) is 1.27. The van der Waals surface area contributed by atoms with Crippen LogP contribution < -0.4 is 4.57 Å². The molecule has 0 amide bonds. The van der Waals surface area contributed by atoms with Gasteiger partial charge in [0, 0.05) is 6.92 Å². The highest BCUT2D eigenvalue weighted by Crippen LogP contribution is 1.84. The van der Waals surface area contributed by atoms with Crippen LogP contribution in [-0.2, 0) is 14.1 Å². The van der Waals surface area contributed by atoms with Crippen LogP contribution in [0.25, 0.3) is 0 Å². The lowest BCUT2D eigenvalue weighted by molar-refractivity contribution is -0.677. The zero-order valence-corrected chi connectivity index (χ0v) is 6.50. The molecule has 0 atom stereocenters. The van der Waals surface area contributed by atoms with E-state index in [1.165, 1.54) is 5.82 Å². The third-order valence-corrected chi connectivity index (χ3v) is 1.53. The Kier molecular flexibility index (Phi) is 3.20. The van der Waals surface area contributed by atoms with Crippen LogP contribution in [0.15, 0.2) is 12.4 Å². The third kappa shape index (κ3) is 1.59. The molecule has 3 heteroatoms. The second-order valence-corrected chi connectivity index (χ2v) is 2.07. The number of aromatic nitrogens is 2. The summed E-state index contributed by atoms with van der Waals surface area (Å²) in [5.41, 5.74) is 0. The quantitative estimate of drug-likeness (QED) is 0.373. The molecular weight excluding hydrogens is 126 g/mol. The number of rotatable bonds is 0. The average molecular weight is 137 g/mol. The Labute approximate surface area is 61.1 Å². The molecule has 0 unspecified atom stereocenters. The third-order valence-electron chi connectivity index (χ3n) is 1.53. The maximum atomic E-state index is 6.25. The maximum Gasteiger partial charge on any atom is 0.252 e. The van der Waals surface area contributed by atoms with E-state index in [0.29, 0.717) is 0 Å². The molecule has 0 aromatic carbocycles. The van der Waals surface area contributed by atoms with Crippen LogP contribution in [0.5, 0.6) is 0 Å². The van der Waals surface area contributed by atoms with E-state index in [-0.39, 0.29) is 0 Å². The molecule has 1 aromatic rings.